The summed E-state index contributed by atoms with van der Waals surface area (Å²) < 4.78 is 2.26. The van der Waals surface area contributed by atoms with E-state index in [4.69, 9.17) is 5.11 Å². The van der Waals surface area contributed by atoms with Crippen LogP contribution < -0.4 is 0 Å². The van der Waals surface area contributed by atoms with E-state index in [1.54, 1.807) is 11.9 Å². The smallest absolute Gasteiger partial charge is 0.307 e. The highest BCUT2D eigenvalue weighted by atomic mass is 32.2. The third kappa shape index (κ3) is 4.22. The van der Waals surface area contributed by atoms with Crippen LogP contribution in [0, 0.1) is 11.3 Å². The lowest BCUT2D eigenvalue weighted by Gasteiger charge is -2.36. The summed E-state index contributed by atoms with van der Waals surface area (Å²) in [6, 6.07) is 20.3. The molecule has 1 N–H and O–H groups in total. The highest BCUT2D eigenvalue weighted by molar-refractivity contribution is 7.97. The van der Waals surface area contributed by atoms with Gasteiger partial charge in [0.15, 0.2) is 0 Å². The summed E-state index contributed by atoms with van der Waals surface area (Å²) in [5, 5.41) is 18.7. The Bertz CT molecular complexity index is 778. The molecule has 0 unspecified atom stereocenters. The van der Waals surface area contributed by atoms with E-state index in [0.29, 0.717) is 0 Å². The molecular weight excluding hydrogens is 332 g/mol. The maximum Gasteiger partial charge on any atom is 0.307 e. The third-order valence-corrected chi connectivity index (χ3v) is 5.69. The third-order valence-electron chi connectivity index (χ3n) is 4.60. The Morgan fingerprint density at radius 2 is 1.88 bits per heavy atom. The Labute approximate surface area is 152 Å². The van der Waals surface area contributed by atoms with Gasteiger partial charge in [-0.1, -0.05) is 42.5 Å². The van der Waals surface area contributed by atoms with Crippen molar-refractivity contribution in [2.45, 2.75) is 29.6 Å². The van der Waals surface area contributed by atoms with E-state index in [0.717, 1.165) is 42.0 Å². The van der Waals surface area contributed by atoms with Gasteiger partial charge < -0.3 is 5.11 Å². The zero-order valence-electron chi connectivity index (χ0n) is 13.9. The number of carbonyl (C=O) groups is 1. The molecule has 0 bridgehead atoms. The van der Waals surface area contributed by atoms with Crippen LogP contribution in [0.2, 0.25) is 0 Å². The number of carboxylic acid groups (broad SMARTS) is 1. The van der Waals surface area contributed by atoms with Gasteiger partial charge in [-0.3, -0.25) is 4.79 Å². The largest absolute Gasteiger partial charge is 0.481 e. The molecule has 1 aliphatic heterocycles. The molecule has 0 spiro atoms. The van der Waals surface area contributed by atoms with Gasteiger partial charge >= 0.3 is 5.97 Å². The van der Waals surface area contributed by atoms with Gasteiger partial charge in [0.05, 0.1) is 17.9 Å². The van der Waals surface area contributed by atoms with Crippen LogP contribution in [-0.4, -0.2) is 28.5 Å². The number of hydrogen-bond acceptors (Lipinski definition) is 4. The summed E-state index contributed by atoms with van der Waals surface area (Å²) >= 11 is 1.64. The minimum atomic E-state index is -0.818. The zero-order chi connectivity index (χ0) is 17.7. The Morgan fingerprint density at radius 1 is 1.16 bits per heavy atom. The molecule has 128 valence electrons. The lowest BCUT2D eigenvalue weighted by atomic mass is 9.74. The second-order valence-electron chi connectivity index (χ2n) is 6.30. The average Bonchev–Trinajstić information content (AvgIpc) is 2.63. The van der Waals surface area contributed by atoms with E-state index >= 15 is 0 Å². The van der Waals surface area contributed by atoms with Crippen LogP contribution in [0.3, 0.4) is 0 Å². The molecule has 0 saturated carbocycles. The summed E-state index contributed by atoms with van der Waals surface area (Å²) in [5.74, 6) is -0.818. The van der Waals surface area contributed by atoms with E-state index in [-0.39, 0.29) is 6.42 Å². The number of nitriles is 1. The van der Waals surface area contributed by atoms with Gasteiger partial charge in [0.25, 0.3) is 0 Å². The first-order valence-electron chi connectivity index (χ1n) is 8.32. The molecule has 25 heavy (non-hydrogen) atoms. The van der Waals surface area contributed by atoms with Gasteiger partial charge in [0.1, 0.15) is 0 Å². The van der Waals surface area contributed by atoms with Crippen LogP contribution in [-0.2, 0) is 16.6 Å². The fraction of sp³-hybridized carbons (Fsp3) is 0.300. The number of benzene rings is 2. The Morgan fingerprint density at radius 3 is 2.52 bits per heavy atom. The summed E-state index contributed by atoms with van der Waals surface area (Å²) in [4.78, 5) is 11.9. The molecule has 1 saturated heterocycles. The van der Waals surface area contributed by atoms with Gasteiger partial charge in [-0.15, -0.1) is 0 Å². The number of carboxylic acids is 1. The van der Waals surface area contributed by atoms with Crippen molar-refractivity contribution in [2.75, 3.05) is 13.1 Å². The van der Waals surface area contributed by atoms with Crippen molar-refractivity contribution < 1.29 is 9.90 Å². The Kier molecular flexibility index (Phi) is 5.42. The predicted octanol–water partition coefficient (Wildman–Crippen LogP) is 3.88. The molecule has 2 aromatic carbocycles. The second-order valence-corrected chi connectivity index (χ2v) is 7.47. The van der Waals surface area contributed by atoms with E-state index in [9.17, 15) is 10.1 Å². The van der Waals surface area contributed by atoms with Crippen LogP contribution >= 0.6 is 11.9 Å². The standard InChI is InChI=1S/C20H20N2O2S/c21-15-20(17-6-2-1-3-7-17)9-11-22(12-10-20)25-18-8-4-5-16(13-18)14-19(23)24/h1-8,13H,9-12,14H2,(H,23,24). The van der Waals surface area contributed by atoms with Gasteiger partial charge in [0, 0.05) is 18.0 Å². The molecule has 5 heteroatoms. The lowest BCUT2D eigenvalue weighted by Crippen LogP contribution is -2.38. The molecule has 0 radical (unpaired) electrons. The molecule has 1 fully saturated rings. The van der Waals surface area contributed by atoms with Crippen molar-refractivity contribution in [3.8, 4) is 6.07 Å². The monoisotopic (exact) mass is 352 g/mol. The number of aliphatic carboxylic acids is 1. The molecule has 0 atom stereocenters. The quantitative estimate of drug-likeness (QED) is 0.828. The zero-order valence-corrected chi connectivity index (χ0v) is 14.7. The molecular formula is C20H20N2O2S. The molecule has 2 aromatic rings. The van der Waals surface area contributed by atoms with Crippen molar-refractivity contribution >= 4 is 17.9 Å². The van der Waals surface area contributed by atoms with Crippen molar-refractivity contribution in [3.05, 3.63) is 65.7 Å². The molecule has 0 aliphatic carbocycles. The Balaban J connectivity index is 1.65. The van der Waals surface area contributed by atoms with Crippen LogP contribution in [0.5, 0.6) is 0 Å². The summed E-state index contributed by atoms with van der Waals surface area (Å²) in [5.41, 5.74) is 1.51. The van der Waals surface area contributed by atoms with Crippen molar-refractivity contribution in [3.63, 3.8) is 0 Å². The highest BCUT2D eigenvalue weighted by Gasteiger charge is 2.36. The molecule has 0 aromatic heterocycles. The van der Waals surface area contributed by atoms with Crippen molar-refractivity contribution in [1.29, 1.82) is 5.26 Å². The van der Waals surface area contributed by atoms with Crippen molar-refractivity contribution in [1.82, 2.24) is 4.31 Å². The first-order valence-corrected chi connectivity index (χ1v) is 9.09. The number of piperidine rings is 1. The lowest BCUT2D eigenvalue weighted by molar-refractivity contribution is -0.136. The van der Waals surface area contributed by atoms with Gasteiger partial charge in [-0.2, -0.15) is 5.26 Å². The molecule has 4 nitrogen and oxygen atoms in total. The average molecular weight is 352 g/mol. The van der Waals surface area contributed by atoms with Crippen molar-refractivity contribution in [2.24, 2.45) is 0 Å². The van der Waals surface area contributed by atoms with Crippen LogP contribution in [0.4, 0.5) is 0 Å². The van der Waals surface area contributed by atoms with Crippen LogP contribution in [0.15, 0.2) is 59.5 Å². The molecule has 0 amide bonds. The number of nitrogens with zero attached hydrogens (tertiary/aromatic N) is 2. The van der Waals surface area contributed by atoms with E-state index in [1.165, 1.54) is 0 Å². The van der Waals surface area contributed by atoms with Gasteiger partial charge in [0.2, 0.25) is 0 Å². The molecule has 1 heterocycles. The first-order chi connectivity index (χ1) is 12.1. The molecule has 3 rings (SSSR count). The van der Waals surface area contributed by atoms with E-state index < -0.39 is 11.4 Å². The maximum absolute atomic E-state index is 10.9. The molecule has 1 aliphatic rings. The Hall–Kier alpha value is -2.29. The van der Waals surface area contributed by atoms with Gasteiger partial charge in [-0.25, -0.2) is 4.31 Å². The first kappa shape index (κ1) is 17.5. The normalized spacial score (nSPS) is 16.9. The van der Waals surface area contributed by atoms with Gasteiger partial charge in [-0.05, 0) is 48.0 Å². The van der Waals surface area contributed by atoms with Crippen LogP contribution in [0.25, 0.3) is 0 Å². The minimum absolute atomic E-state index is 0.0416. The minimum Gasteiger partial charge on any atom is -0.481 e. The highest BCUT2D eigenvalue weighted by Crippen LogP contribution is 2.38. The van der Waals surface area contributed by atoms with Crippen LogP contribution in [0.1, 0.15) is 24.0 Å². The predicted molar refractivity (Wildman–Crippen MR) is 98.2 cm³/mol. The number of rotatable bonds is 5. The fourth-order valence-corrected chi connectivity index (χ4v) is 4.22. The summed E-state index contributed by atoms with van der Waals surface area (Å²) in [7, 11) is 0. The SMILES string of the molecule is N#CC1(c2ccccc2)CCN(Sc2cccc(CC(=O)O)c2)CC1. The van der Waals surface area contributed by atoms with E-state index in [2.05, 4.69) is 10.4 Å². The number of hydrogen-bond donors (Lipinski definition) is 1. The maximum atomic E-state index is 10.9. The fourth-order valence-electron chi connectivity index (χ4n) is 3.22. The van der Waals surface area contributed by atoms with E-state index in [1.807, 2.05) is 54.6 Å². The topological polar surface area (TPSA) is 64.3 Å². The summed E-state index contributed by atoms with van der Waals surface area (Å²) in [6.45, 7) is 1.66. The summed E-state index contributed by atoms with van der Waals surface area (Å²) in [6.07, 6.45) is 1.64. The second kappa shape index (κ2) is 7.73.